The topological polar surface area (TPSA) is 18.5 Å². The molecule has 0 saturated heterocycles. The molecule has 41 valence electrons. The average Bonchev–Trinajstić information content (AvgIpc) is 1.69. The lowest BCUT2D eigenvalue weighted by molar-refractivity contribution is 0.507. The molecule has 0 fully saturated rings. The molecule has 0 rings (SSSR count). The van der Waals surface area contributed by atoms with Crippen LogP contribution in [0.15, 0.2) is 12.3 Å². The summed E-state index contributed by atoms with van der Waals surface area (Å²) in [5.74, 6) is 0. The molecule has 0 heterocycles. The zero-order valence-corrected chi connectivity index (χ0v) is 8.95. The summed E-state index contributed by atoms with van der Waals surface area (Å²) in [4.78, 5) is 0. The highest BCUT2D eigenvalue weighted by atomic mass is 28.3. The molecule has 0 aliphatic rings. The van der Waals surface area contributed by atoms with Gasteiger partial charge < -0.3 is 8.23 Å². The minimum absolute atomic E-state index is 0.0390. The minimum atomic E-state index is -0.562. The van der Waals surface area contributed by atoms with Gasteiger partial charge in [0.05, 0.1) is 0 Å². The van der Waals surface area contributed by atoms with Crippen molar-refractivity contribution in [3.8, 4) is 0 Å². The van der Waals surface area contributed by atoms with Crippen LogP contribution in [-0.4, -0.2) is 30.3 Å². The van der Waals surface area contributed by atoms with Crippen molar-refractivity contribution in [2.75, 3.05) is 0 Å². The van der Waals surface area contributed by atoms with Crippen LogP contribution >= 0.6 is 0 Å². The van der Waals surface area contributed by atoms with Crippen molar-refractivity contribution in [1.29, 1.82) is 0 Å². The highest BCUT2D eigenvalue weighted by Gasteiger charge is 1.78. The average molecular weight is 149 g/mol. The maximum absolute atomic E-state index is 5.05. The summed E-state index contributed by atoms with van der Waals surface area (Å²) in [7, 11) is 0.299. The van der Waals surface area contributed by atoms with Gasteiger partial charge in [-0.25, -0.2) is 0 Å². The fraction of sp³-hybridized carbons (Fsp3) is 0. The van der Waals surface area contributed by atoms with Gasteiger partial charge in [-0.2, -0.15) is 0 Å². The second-order valence-corrected chi connectivity index (χ2v) is 5.57. The minimum Gasteiger partial charge on any atom is -0.449 e. The number of hydrogen-bond donors (Lipinski definition) is 0. The van der Waals surface area contributed by atoms with Crippen molar-refractivity contribution in [3.05, 3.63) is 12.3 Å². The second-order valence-electron chi connectivity index (χ2n) is 0.945. The van der Waals surface area contributed by atoms with E-state index in [9.17, 15) is 0 Å². The molecule has 0 aromatic rings. The van der Waals surface area contributed by atoms with Gasteiger partial charge in [-0.3, -0.25) is 0 Å². The van der Waals surface area contributed by atoms with Gasteiger partial charge in [-0.1, -0.05) is 5.70 Å². The van der Waals surface area contributed by atoms with Crippen LogP contribution in [0.5, 0.6) is 0 Å². The third kappa shape index (κ3) is 6.31. The SMILES string of the molecule is C=C[SiH]O[SiH2]O[SiH3]. The van der Waals surface area contributed by atoms with E-state index >= 15 is 0 Å². The Hall–Kier alpha value is 0.311. The molecule has 0 N–H and O–H groups in total. The lowest BCUT2D eigenvalue weighted by Crippen LogP contribution is -2.03. The van der Waals surface area contributed by atoms with E-state index in [1.165, 1.54) is 0 Å². The van der Waals surface area contributed by atoms with Crippen LogP contribution in [0, 0.1) is 0 Å². The summed E-state index contributed by atoms with van der Waals surface area (Å²) >= 11 is 0. The normalized spacial score (nSPS) is 10.9. The Morgan fingerprint density at radius 3 is 3.00 bits per heavy atom. The maximum atomic E-state index is 5.05. The summed E-state index contributed by atoms with van der Waals surface area (Å²) in [6.45, 7) is 3.52. The lowest BCUT2D eigenvalue weighted by atomic mass is 11.3. The molecule has 0 aliphatic heterocycles. The van der Waals surface area contributed by atoms with E-state index in [4.69, 9.17) is 8.23 Å². The smallest absolute Gasteiger partial charge is 0.283 e. The van der Waals surface area contributed by atoms with Crippen LogP contribution in [0.25, 0.3) is 0 Å². The van der Waals surface area contributed by atoms with E-state index in [2.05, 4.69) is 6.58 Å². The summed E-state index contributed by atoms with van der Waals surface area (Å²) in [6, 6.07) is 0. The zero-order chi connectivity index (χ0) is 5.54. The van der Waals surface area contributed by atoms with Gasteiger partial charge in [0.2, 0.25) is 9.76 Å². The molecule has 0 aromatic heterocycles. The molecule has 0 unspecified atom stereocenters. The molecular formula is C2H9O2Si3. The van der Waals surface area contributed by atoms with Crippen molar-refractivity contribution in [1.82, 2.24) is 0 Å². The van der Waals surface area contributed by atoms with Crippen LogP contribution in [0.2, 0.25) is 0 Å². The molecule has 0 bridgehead atoms. The van der Waals surface area contributed by atoms with Crippen LogP contribution in [0.3, 0.4) is 0 Å². The molecule has 0 amide bonds. The Bertz CT molecular complexity index is 48.2. The molecule has 2 nitrogen and oxygen atoms in total. The first-order chi connectivity index (χ1) is 3.41. The van der Waals surface area contributed by atoms with Crippen LogP contribution in [-0.2, 0) is 8.23 Å². The molecule has 7 heavy (non-hydrogen) atoms. The van der Waals surface area contributed by atoms with Crippen molar-refractivity contribution >= 4 is 30.3 Å². The van der Waals surface area contributed by atoms with Gasteiger partial charge in [-0.15, -0.1) is 6.58 Å². The number of rotatable bonds is 4. The van der Waals surface area contributed by atoms with Gasteiger partial charge in [0.25, 0.3) is 10.0 Å². The summed E-state index contributed by atoms with van der Waals surface area (Å²) in [5.41, 5.74) is 1.81. The van der Waals surface area contributed by atoms with Gasteiger partial charge in [-0.05, 0) is 0 Å². The summed E-state index contributed by atoms with van der Waals surface area (Å²) in [6.07, 6.45) is 0. The molecular weight excluding hydrogens is 140 g/mol. The highest BCUT2D eigenvalue weighted by molar-refractivity contribution is 6.45. The van der Waals surface area contributed by atoms with Gasteiger partial charge in [0.1, 0.15) is 10.5 Å². The van der Waals surface area contributed by atoms with E-state index in [1.54, 1.807) is 0 Å². The maximum Gasteiger partial charge on any atom is 0.283 e. The fourth-order valence-corrected chi connectivity index (χ4v) is 2.80. The Morgan fingerprint density at radius 2 is 2.57 bits per heavy atom. The van der Waals surface area contributed by atoms with Gasteiger partial charge >= 0.3 is 0 Å². The van der Waals surface area contributed by atoms with Crippen LogP contribution < -0.4 is 0 Å². The van der Waals surface area contributed by atoms with Gasteiger partial charge in [0, 0.05) is 0 Å². The third-order valence-corrected chi connectivity index (χ3v) is 2.83. The quantitative estimate of drug-likeness (QED) is 0.333. The molecule has 0 aliphatic carbocycles. The van der Waals surface area contributed by atoms with E-state index in [1.807, 2.05) is 5.70 Å². The standard InChI is InChI=1S/C2H9O2Si3/c1-2-6-4-7-3-5/h2,6H,1,7H2,5H3. The van der Waals surface area contributed by atoms with Crippen molar-refractivity contribution in [3.63, 3.8) is 0 Å². The van der Waals surface area contributed by atoms with E-state index < -0.39 is 10.0 Å². The second kappa shape index (κ2) is 6.31. The van der Waals surface area contributed by atoms with Gasteiger partial charge in [0.15, 0.2) is 0 Å². The van der Waals surface area contributed by atoms with Crippen molar-refractivity contribution in [2.24, 2.45) is 0 Å². The number of hydrogen-bond acceptors (Lipinski definition) is 2. The predicted molar refractivity (Wildman–Crippen MR) is 38.0 cm³/mol. The molecule has 0 aromatic carbocycles. The zero-order valence-electron chi connectivity index (χ0n) is 4.39. The highest BCUT2D eigenvalue weighted by Crippen LogP contribution is 1.64. The van der Waals surface area contributed by atoms with E-state index in [-0.39, 0.29) is 9.76 Å². The predicted octanol–water partition coefficient (Wildman–Crippen LogP) is -2.21. The Labute approximate surface area is 51.5 Å². The van der Waals surface area contributed by atoms with Crippen molar-refractivity contribution < 1.29 is 8.23 Å². The monoisotopic (exact) mass is 149 g/mol. The third-order valence-electron chi connectivity index (χ3n) is 0.378. The Morgan fingerprint density at radius 1 is 1.86 bits per heavy atom. The molecule has 0 saturated carbocycles. The summed E-state index contributed by atoms with van der Waals surface area (Å²) in [5, 5.41) is 0. The first-order valence-corrected chi connectivity index (χ1v) is 5.07. The van der Waals surface area contributed by atoms with Crippen LogP contribution in [0.1, 0.15) is 0 Å². The van der Waals surface area contributed by atoms with E-state index in [0.717, 1.165) is 10.5 Å². The molecule has 5 heteroatoms. The largest absolute Gasteiger partial charge is 0.449 e. The Balaban J connectivity index is 2.56. The van der Waals surface area contributed by atoms with Crippen molar-refractivity contribution in [2.45, 2.75) is 0 Å². The molecule has 1 radical (unpaired) electrons. The Kier molecular flexibility index (Phi) is 6.59. The first kappa shape index (κ1) is 7.31. The fourth-order valence-electron chi connectivity index (χ4n) is 0.175. The van der Waals surface area contributed by atoms with E-state index in [0.29, 0.717) is 0 Å². The lowest BCUT2D eigenvalue weighted by Gasteiger charge is -1.93. The molecule has 0 atom stereocenters. The first-order valence-electron chi connectivity index (χ1n) is 1.96. The van der Waals surface area contributed by atoms with Crippen LogP contribution in [0.4, 0.5) is 0 Å². The summed E-state index contributed by atoms with van der Waals surface area (Å²) < 4.78 is 9.92. The molecule has 0 spiro atoms.